The minimum absolute atomic E-state index is 0.0430. The number of rotatable bonds is 1. The first kappa shape index (κ1) is 21.1. The first-order valence-electron chi connectivity index (χ1n) is 12.7. The monoisotopic (exact) mass is 491 g/mol. The fourth-order valence-corrected chi connectivity index (χ4v) is 7.29. The largest absolute Gasteiger partial charge is 0.423 e. The van der Waals surface area contributed by atoms with E-state index >= 15 is 0 Å². The molecule has 2 aromatic heterocycles. The number of pyridine rings is 1. The van der Waals surface area contributed by atoms with Crippen LogP contribution in [0, 0.1) is 0 Å². The highest BCUT2D eigenvalue weighted by Gasteiger charge is 2.49. The van der Waals surface area contributed by atoms with E-state index < -0.39 is 0 Å². The number of hydrogen-bond acceptors (Lipinski definition) is 6. The number of nitrogens with zero attached hydrogens (tertiary/aromatic N) is 5. The van der Waals surface area contributed by atoms with Crippen LogP contribution in [0.25, 0.3) is 25.7 Å². The molecule has 0 unspecified atom stereocenters. The van der Waals surface area contributed by atoms with Crippen LogP contribution in [0.3, 0.4) is 0 Å². The Labute approximate surface area is 221 Å². The van der Waals surface area contributed by atoms with Gasteiger partial charge in [-0.05, 0) is 66.3 Å². The third-order valence-corrected chi connectivity index (χ3v) is 8.99. The van der Waals surface area contributed by atoms with Crippen LogP contribution < -0.4 is 0 Å². The van der Waals surface area contributed by atoms with Gasteiger partial charge in [-0.15, -0.1) is 11.3 Å². The van der Waals surface area contributed by atoms with Gasteiger partial charge in [0, 0.05) is 32.6 Å². The number of fused-ring (bicyclic) bond motifs is 11. The Hall–Kier alpha value is -4.03. The molecule has 7 heterocycles. The van der Waals surface area contributed by atoms with Crippen LogP contribution in [0.2, 0.25) is 0 Å². The molecule has 3 aromatic rings. The molecular formula is C27H21B4N5S. The van der Waals surface area contributed by atoms with E-state index in [9.17, 15) is 0 Å². The summed E-state index contributed by atoms with van der Waals surface area (Å²) in [5.41, 5.74) is 2.53. The van der Waals surface area contributed by atoms with Crippen molar-refractivity contribution in [3.05, 3.63) is 133 Å². The molecule has 0 N–H and O–H groups in total. The molecule has 5 aliphatic rings. The smallest absolute Gasteiger partial charge is 0.381 e. The van der Waals surface area contributed by atoms with Crippen LogP contribution in [0.1, 0.15) is 5.56 Å². The zero-order chi connectivity index (χ0) is 24.3. The van der Waals surface area contributed by atoms with Crippen molar-refractivity contribution < 1.29 is 0 Å². The van der Waals surface area contributed by atoms with E-state index in [0.29, 0.717) is 0 Å². The Kier molecular flexibility index (Phi) is 4.70. The molecule has 0 aliphatic carbocycles. The van der Waals surface area contributed by atoms with E-state index in [4.69, 9.17) is 0 Å². The maximum absolute atomic E-state index is 4.39. The second kappa shape index (κ2) is 8.25. The van der Waals surface area contributed by atoms with Crippen LogP contribution in [-0.4, -0.2) is 51.8 Å². The summed E-state index contributed by atoms with van der Waals surface area (Å²) in [6.45, 7) is 0.361. The lowest BCUT2D eigenvalue weighted by Gasteiger charge is -2.53. The van der Waals surface area contributed by atoms with Crippen molar-refractivity contribution >= 4 is 65.0 Å². The van der Waals surface area contributed by atoms with E-state index in [1.165, 1.54) is 31.3 Å². The Morgan fingerprint density at radius 1 is 0.649 bits per heavy atom. The fraction of sp³-hybridized carbons (Fsp3) is 0. The van der Waals surface area contributed by atoms with Crippen molar-refractivity contribution in [2.45, 2.75) is 0 Å². The zero-order valence-corrected chi connectivity index (χ0v) is 20.9. The molecule has 8 rings (SSSR count). The van der Waals surface area contributed by atoms with Gasteiger partial charge in [-0.25, -0.2) is 0 Å². The van der Waals surface area contributed by atoms with Gasteiger partial charge < -0.3 is 18.9 Å². The van der Waals surface area contributed by atoms with Crippen LogP contribution in [-0.2, 0) is 0 Å². The first-order valence-corrected chi connectivity index (χ1v) is 13.5. The van der Waals surface area contributed by atoms with Crippen molar-refractivity contribution in [3.8, 4) is 0 Å². The number of hydrogen-bond donors (Lipinski definition) is 0. The topological polar surface area (TPSA) is 25.9 Å². The van der Waals surface area contributed by atoms with Gasteiger partial charge in [0.15, 0.2) is 0 Å². The summed E-state index contributed by atoms with van der Waals surface area (Å²) in [6.07, 6.45) is 28.0. The zero-order valence-electron chi connectivity index (χ0n) is 20.1. The average Bonchev–Trinajstić information content (AvgIpc) is 3.35. The molecule has 0 radical (unpaired) electrons. The van der Waals surface area contributed by atoms with Crippen LogP contribution in [0.4, 0.5) is 0 Å². The first-order chi connectivity index (χ1) is 18.4. The lowest BCUT2D eigenvalue weighted by atomic mass is 9.41. The van der Waals surface area contributed by atoms with E-state index in [1.807, 2.05) is 23.7 Å². The van der Waals surface area contributed by atoms with Gasteiger partial charge in [0.1, 0.15) is 0 Å². The molecule has 10 heteroatoms. The van der Waals surface area contributed by atoms with Gasteiger partial charge in [0.25, 0.3) is 0 Å². The van der Waals surface area contributed by atoms with Crippen molar-refractivity contribution in [1.82, 2.24) is 23.9 Å². The molecule has 0 bridgehead atoms. The van der Waals surface area contributed by atoms with E-state index in [1.54, 1.807) is 0 Å². The van der Waals surface area contributed by atoms with Crippen molar-refractivity contribution in [2.75, 3.05) is 0 Å². The summed E-state index contributed by atoms with van der Waals surface area (Å²) in [6, 6.07) is 8.77. The van der Waals surface area contributed by atoms with Gasteiger partial charge in [0.05, 0.1) is 0 Å². The van der Waals surface area contributed by atoms with E-state index in [0.717, 1.165) is 0 Å². The van der Waals surface area contributed by atoms with Crippen molar-refractivity contribution in [2.24, 2.45) is 0 Å². The van der Waals surface area contributed by atoms with Crippen LogP contribution in [0.15, 0.2) is 128 Å². The summed E-state index contributed by atoms with van der Waals surface area (Å²) in [5, 5.41) is 2.51. The molecule has 0 atom stereocenters. The maximum Gasteiger partial charge on any atom is 0.381 e. The Morgan fingerprint density at radius 3 is 2.00 bits per heavy atom. The molecule has 37 heavy (non-hydrogen) atoms. The molecule has 0 saturated carbocycles. The number of allylic oxidation sites excluding steroid dienone is 8. The highest BCUT2D eigenvalue weighted by Crippen LogP contribution is 2.39. The van der Waals surface area contributed by atoms with Crippen molar-refractivity contribution in [1.29, 1.82) is 0 Å². The molecule has 1 aromatic carbocycles. The standard InChI is InChI=1S/C27H21B4N5S/c1-4-16-33-28(12-1)34-17-5-2-14-30(34)36-19-11-22(20-31(36)35-18-6-3-13-29(33)35)23-8-7-9-24-25-21-32-15-10-26(25)37-27(23)24/h1-21H. The maximum atomic E-state index is 4.39. The summed E-state index contributed by atoms with van der Waals surface area (Å²) >= 11 is 1.85. The molecule has 1 fully saturated rings. The summed E-state index contributed by atoms with van der Waals surface area (Å²) < 4.78 is 12.4. The van der Waals surface area contributed by atoms with Gasteiger partial charge in [-0.2, -0.15) is 0 Å². The number of thiophene rings is 1. The molecular weight excluding hydrogens is 470 g/mol. The Balaban J connectivity index is 1.29. The highest BCUT2D eigenvalue weighted by molar-refractivity contribution is 7.26. The predicted octanol–water partition coefficient (Wildman–Crippen LogP) is 4.94. The van der Waals surface area contributed by atoms with E-state index in [2.05, 4.69) is 139 Å². The number of aromatic nitrogens is 1. The lowest BCUT2D eigenvalue weighted by Crippen LogP contribution is -2.73. The van der Waals surface area contributed by atoms with Gasteiger partial charge in [-0.3, -0.25) is 4.98 Å². The average molecular weight is 491 g/mol. The third-order valence-electron chi connectivity index (χ3n) is 7.77. The number of benzene rings is 1. The second-order valence-corrected chi connectivity index (χ2v) is 10.8. The summed E-state index contributed by atoms with van der Waals surface area (Å²) in [5.74, 6) is 9.31. The van der Waals surface area contributed by atoms with Crippen molar-refractivity contribution in [3.63, 3.8) is 0 Å². The second-order valence-electron chi connectivity index (χ2n) is 9.72. The molecule has 0 amide bonds. The Morgan fingerprint density at radius 2 is 1.30 bits per heavy atom. The molecule has 172 valence electrons. The summed E-state index contributed by atoms with van der Waals surface area (Å²) in [4.78, 5) is 4.39. The van der Waals surface area contributed by atoms with Gasteiger partial charge in [0.2, 0.25) is 0 Å². The molecule has 1 saturated heterocycles. The molecule has 5 aliphatic heterocycles. The third kappa shape index (κ3) is 3.18. The molecule has 0 spiro atoms. The SMILES string of the molecule is C1=CB2N(C=C1)B1C=CC=CN1B1C=C(c3cccc4c3sc3ccncc34)C=CN1B1C=CC=CN21. The van der Waals surface area contributed by atoms with E-state index in [-0.39, 0.29) is 27.9 Å². The minimum atomic E-state index is 0.0430. The summed E-state index contributed by atoms with van der Waals surface area (Å²) in [7, 11) is 0. The Bertz CT molecular complexity index is 1640. The van der Waals surface area contributed by atoms with Gasteiger partial charge in [-0.1, -0.05) is 60.3 Å². The molecule has 5 nitrogen and oxygen atoms in total. The van der Waals surface area contributed by atoms with Gasteiger partial charge >= 0.3 is 27.9 Å². The minimum Gasteiger partial charge on any atom is -0.423 e. The van der Waals surface area contributed by atoms with Crippen LogP contribution >= 0.6 is 11.3 Å². The quantitative estimate of drug-likeness (QED) is 0.450. The normalized spacial score (nSPS) is 19.4. The predicted molar refractivity (Wildman–Crippen MR) is 159 cm³/mol. The fourth-order valence-electron chi connectivity index (χ4n) is 6.08. The highest BCUT2D eigenvalue weighted by atomic mass is 32.1. The lowest BCUT2D eigenvalue weighted by molar-refractivity contribution is 0.622. The van der Waals surface area contributed by atoms with Crippen LogP contribution in [0.5, 0.6) is 0 Å².